The predicted molar refractivity (Wildman–Crippen MR) is 56.8 cm³/mol. The SMILES string of the molecule is CCOc1cc2c(cc1C(=O)O)CCN2. The number of anilines is 1. The third-order valence-electron chi connectivity index (χ3n) is 2.45. The first-order valence-corrected chi connectivity index (χ1v) is 4.99. The summed E-state index contributed by atoms with van der Waals surface area (Å²) in [5.74, 6) is -0.494. The lowest BCUT2D eigenvalue weighted by atomic mass is 10.1. The highest BCUT2D eigenvalue weighted by Gasteiger charge is 2.18. The fourth-order valence-electron chi connectivity index (χ4n) is 1.77. The molecule has 2 rings (SSSR count). The molecule has 15 heavy (non-hydrogen) atoms. The van der Waals surface area contributed by atoms with E-state index >= 15 is 0 Å². The molecule has 1 aromatic carbocycles. The summed E-state index contributed by atoms with van der Waals surface area (Å²) in [5, 5.41) is 12.2. The molecule has 0 bridgehead atoms. The lowest BCUT2D eigenvalue weighted by Crippen LogP contribution is -2.03. The molecule has 1 heterocycles. The molecule has 0 saturated carbocycles. The van der Waals surface area contributed by atoms with Crippen molar-refractivity contribution in [1.82, 2.24) is 0 Å². The number of aromatic carboxylic acids is 1. The van der Waals surface area contributed by atoms with E-state index in [1.54, 1.807) is 12.1 Å². The van der Waals surface area contributed by atoms with Gasteiger partial charge in [-0.15, -0.1) is 0 Å². The van der Waals surface area contributed by atoms with Crippen molar-refractivity contribution >= 4 is 11.7 Å². The Morgan fingerprint density at radius 2 is 2.40 bits per heavy atom. The molecule has 0 fully saturated rings. The monoisotopic (exact) mass is 207 g/mol. The Morgan fingerprint density at radius 1 is 1.60 bits per heavy atom. The van der Waals surface area contributed by atoms with Crippen molar-refractivity contribution in [3.05, 3.63) is 23.3 Å². The van der Waals surface area contributed by atoms with Crippen molar-refractivity contribution in [2.45, 2.75) is 13.3 Å². The van der Waals surface area contributed by atoms with Crippen LogP contribution in [-0.4, -0.2) is 24.2 Å². The topological polar surface area (TPSA) is 58.6 Å². The van der Waals surface area contributed by atoms with E-state index < -0.39 is 5.97 Å². The van der Waals surface area contributed by atoms with Gasteiger partial charge < -0.3 is 15.2 Å². The van der Waals surface area contributed by atoms with E-state index in [1.165, 1.54) is 0 Å². The molecule has 2 N–H and O–H groups in total. The van der Waals surface area contributed by atoms with Crippen LogP contribution in [0.3, 0.4) is 0 Å². The molecular formula is C11H13NO3. The van der Waals surface area contributed by atoms with E-state index in [2.05, 4.69) is 5.32 Å². The molecule has 4 nitrogen and oxygen atoms in total. The van der Waals surface area contributed by atoms with Crippen LogP contribution >= 0.6 is 0 Å². The summed E-state index contributed by atoms with van der Waals surface area (Å²) in [6, 6.07) is 3.47. The summed E-state index contributed by atoms with van der Waals surface area (Å²) in [6.45, 7) is 3.18. The van der Waals surface area contributed by atoms with Gasteiger partial charge in [0.1, 0.15) is 11.3 Å². The van der Waals surface area contributed by atoms with E-state index in [4.69, 9.17) is 9.84 Å². The van der Waals surface area contributed by atoms with Gasteiger partial charge in [-0.25, -0.2) is 4.79 Å². The van der Waals surface area contributed by atoms with Crippen LogP contribution in [0.1, 0.15) is 22.8 Å². The van der Waals surface area contributed by atoms with E-state index in [9.17, 15) is 4.79 Å². The molecule has 1 aliphatic heterocycles. The zero-order chi connectivity index (χ0) is 10.8. The molecular weight excluding hydrogens is 194 g/mol. The van der Waals surface area contributed by atoms with Crippen LogP contribution in [0.2, 0.25) is 0 Å². The highest BCUT2D eigenvalue weighted by molar-refractivity contribution is 5.92. The molecule has 0 radical (unpaired) electrons. The summed E-state index contributed by atoms with van der Waals surface area (Å²) >= 11 is 0. The smallest absolute Gasteiger partial charge is 0.339 e. The zero-order valence-corrected chi connectivity index (χ0v) is 8.54. The van der Waals surface area contributed by atoms with Crippen LogP contribution in [0, 0.1) is 0 Å². The van der Waals surface area contributed by atoms with Gasteiger partial charge in [-0.3, -0.25) is 0 Å². The lowest BCUT2D eigenvalue weighted by molar-refractivity contribution is 0.0692. The number of nitrogens with one attached hydrogen (secondary N) is 1. The molecule has 0 atom stereocenters. The van der Waals surface area contributed by atoms with Crippen molar-refractivity contribution in [1.29, 1.82) is 0 Å². The molecule has 0 spiro atoms. The molecule has 0 amide bonds. The molecule has 80 valence electrons. The second kappa shape index (κ2) is 3.81. The van der Waals surface area contributed by atoms with Gasteiger partial charge in [-0.1, -0.05) is 0 Å². The van der Waals surface area contributed by atoms with E-state index in [-0.39, 0.29) is 5.56 Å². The number of carbonyl (C=O) groups is 1. The molecule has 4 heteroatoms. The Bertz CT molecular complexity index is 401. The molecule has 1 aromatic rings. The maximum atomic E-state index is 11.0. The third kappa shape index (κ3) is 1.75. The Labute approximate surface area is 87.9 Å². The number of carboxylic acid groups (broad SMARTS) is 1. The first-order valence-electron chi connectivity index (χ1n) is 4.99. The van der Waals surface area contributed by atoms with Crippen LogP contribution < -0.4 is 10.1 Å². The summed E-state index contributed by atoms with van der Waals surface area (Å²) in [4.78, 5) is 11.0. The van der Waals surface area contributed by atoms with Gasteiger partial charge in [0.25, 0.3) is 0 Å². The van der Waals surface area contributed by atoms with Crippen LogP contribution in [0.15, 0.2) is 12.1 Å². The lowest BCUT2D eigenvalue weighted by Gasteiger charge is -2.09. The van der Waals surface area contributed by atoms with Gasteiger partial charge in [-0.2, -0.15) is 0 Å². The average molecular weight is 207 g/mol. The van der Waals surface area contributed by atoms with Gasteiger partial charge >= 0.3 is 5.97 Å². The van der Waals surface area contributed by atoms with Crippen molar-refractivity contribution < 1.29 is 14.6 Å². The first-order chi connectivity index (χ1) is 7.22. The van der Waals surface area contributed by atoms with Crippen LogP contribution in [0.4, 0.5) is 5.69 Å². The fourth-order valence-corrected chi connectivity index (χ4v) is 1.77. The van der Waals surface area contributed by atoms with Gasteiger partial charge in [0.15, 0.2) is 0 Å². The molecule has 1 aliphatic rings. The highest BCUT2D eigenvalue weighted by atomic mass is 16.5. The quantitative estimate of drug-likeness (QED) is 0.792. The number of hydrogen-bond acceptors (Lipinski definition) is 3. The maximum Gasteiger partial charge on any atom is 0.339 e. The Kier molecular flexibility index (Phi) is 2.49. The minimum atomic E-state index is -0.937. The summed E-state index contributed by atoms with van der Waals surface area (Å²) in [7, 11) is 0. The van der Waals surface area contributed by atoms with Crippen molar-refractivity contribution in [3.63, 3.8) is 0 Å². The minimum absolute atomic E-state index is 0.249. The molecule has 0 aromatic heterocycles. The molecule has 0 saturated heterocycles. The van der Waals surface area contributed by atoms with Crippen LogP contribution in [-0.2, 0) is 6.42 Å². The van der Waals surface area contributed by atoms with Crippen molar-refractivity contribution in [2.24, 2.45) is 0 Å². The largest absolute Gasteiger partial charge is 0.493 e. The number of ether oxygens (including phenoxy) is 1. The first kappa shape index (κ1) is 9.83. The maximum absolute atomic E-state index is 11.0. The van der Waals surface area contributed by atoms with Crippen LogP contribution in [0.5, 0.6) is 5.75 Å². The van der Waals surface area contributed by atoms with Crippen molar-refractivity contribution in [2.75, 3.05) is 18.5 Å². The molecule has 0 aliphatic carbocycles. The fraction of sp³-hybridized carbons (Fsp3) is 0.364. The van der Waals surface area contributed by atoms with E-state index in [0.29, 0.717) is 12.4 Å². The van der Waals surface area contributed by atoms with Gasteiger partial charge in [0.2, 0.25) is 0 Å². The Morgan fingerprint density at radius 3 is 3.07 bits per heavy atom. The second-order valence-corrected chi connectivity index (χ2v) is 3.42. The summed E-state index contributed by atoms with van der Waals surface area (Å²) < 4.78 is 5.30. The summed E-state index contributed by atoms with van der Waals surface area (Å²) in [6.07, 6.45) is 0.877. The Balaban J connectivity index is 2.47. The number of rotatable bonds is 3. The zero-order valence-electron chi connectivity index (χ0n) is 8.54. The summed E-state index contributed by atoms with van der Waals surface area (Å²) in [5.41, 5.74) is 2.29. The second-order valence-electron chi connectivity index (χ2n) is 3.42. The van der Waals surface area contributed by atoms with Crippen molar-refractivity contribution in [3.8, 4) is 5.75 Å². The predicted octanol–water partition coefficient (Wildman–Crippen LogP) is 1.75. The number of fused-ring (bicyclic) bond motifs is 1. The van der Waals surface area contributed by atoms with E-state index in [1.807, 2.05) is 6.92 Å². The Hall–Kier alpha value is -1.71. The van der Waals surface area contributed by atoms with E-state index in [0.717, 1.165) is 24.2 Å². The average Bonchev–Trinajstić information content (AvgIpc) is 2.63. The number of carboxylic acids is 1. The van der Waals surface area contributed by atoms with Gasteiger partial charge in [0.05, 0.1) is 6.61 Å². The van der Waals surface area contributed by atoms with Gasteiger partial charge in [0, 0.05) is 18.3 Å². The third-order valence-corrected chi connectivity index (χ3v) is 2.45. The normalized spacial score (nSPS) is 13.1. The van der Waals surface area contributed by atoms with Crippen LogP contribution in [0.25, 0.3) is 0 Å². The van der Waals surface area contributed by atoms with Gasteiger partial charge in [-0.05, 0) is 25.0 Å². The minimum Gasteiger partial charge on any atom is -0.493 e. The number of hydrogen-bond donors (Lipinski definition) is 2. The molecule has 0 unspecified atom stereocenters. The number of benzene rings is 1. The standard InChI is InChI=1S/C11H13NO3/c1-2-15-10-6-9-7(3-4-12-9)5-8(10)11(13)14/h5-6,12H,2-4H2,1H3,(H,13,14). The highest BCUT2D eigenvalue weighted by Crippen LogP contribution is 2.30.